The van der Waals surface area contributed by atoms with Gasteiger partial charge in [0.25, 0.3) is 0 Å². The SMILES string of the molecule is CC(=O)O[C@H]1O[C@H](C)[C@@H](OC(=O)c2ccccc2)[C@H](O[Si](C)(C)C(C)(C)C)[C@H]1Br. The van der Waals surface area contributed by atoms with Gasteiger partial charge in [0.1, 0.15) is 10.9 Å². The second-order valence-electron chi connectivity index (χ2n) is 8.84. The molecule has 0 saturated carbocycles. The van der Waals surface area contributed by atoms with E-state index < -0.39 is 49.7 Å². The Hall–Kier alpha value is -1.22. The molecule has 1 saturated heterocycles. The average molecular weight is 487 g/mol. The first-order valence-electron chi connectivity index (χ1n) is 9.74. The minimum Gasteiger partial charge on any atom is -0.453 e. The van der Waals surface area contributed by atoms with Gasteiger partial charge in [-0.1, -0.05) is 54.9 Å². The first-order chi connectivity index (χ1) is 13.3. The van der Waals surface area contributed by atoms with Crippen LogP contribution >= 0.6 is 15.9 Å². The van der Waals surface area contributed by atoms with Crippen molar-refractivity contribution in [2.45, 2.75) is 82.2 Å². The number of halogens is 1. The molecular formula is C21H31BrO6Si. The van der Waals surface area contributed by atoms with Crippen molar-refractivity contribution in [1.29, 1.82) is 0 Å². The predicted octanol–water partition coefficient (Wildman–Crippen LogP) is 4.67. The Labute approximate surface area is 182 Å². The third-order valence-electron chi connectivity index (χ3n) is 5.48. The summed E-state index contributed by atoms with van der Waals surface area (Å²) in [6, 6.07) is 8.81. The summed E-state index contributed by atoms with van der Waals surface area (Å²) in [5.74, 6) is -0.891. The number of benzene rings is 1. The van der Waals surface area contributed by atoms with Crippen molar-refractivity contribution in [2.75, 3.05) is 0 Å². The molecule has 0 aromatic heterocycles. The van der Waals surface area contributed by atoms with E-state index >= 15 is 0 Å². The fourth-order valence-corrected chi connectivity index (χ4v) is 4.96. The van der Waals surface area contributed by atoms with Crippen LogP contribution in [0.2, 0.25) is 18.1 Å². The van der Waals surface area contributed by atoms with Crippen molar-refractivity contribution in [3.8, 4) is 0 Å². The summed E-state index contributed by atoms with van der Waals surface area (Å²) in [4.78, 5) is 23.7. The first kappa shape index (κ1) is 24.1. The molecule has 6 nitrogen and oxygen atoms in total. The molecular weight excluding hydrogens is 456 g/mol. The van der Waals surface area contributed by atoms with Crippen LogP contribution in [0.4, 0.5) is 0 Å². The number of carbonyl (C=O) groups excluding carboxylic acids is 2. The van der Waals surface area contributed by atoms with E-state index in [4.69, 9.17) is 18.6 Å². The lowest BCUT2D eigenvalue weighted by Gasteiger charge is -2.47. The molecule has 1 fully saturated rings. The largest absolute Gasteiger partial charge is 0.453 e. The third kappa shape index (κ3) is 5.90. The van der Waals surface area contributed by atoms with E-state index in [1.165, 1.54) is 6.92 Å². The van der Waals surface area contributed by atoms with Gasteiger partial charge < -0.3 is 18.6 Å². The predicted molar refractivity (Wildman–Crippen MR) is 117 cm³/mol. The van der Waals surface area contributed by atoms with Gasteiger partial charge in [0.05, 0.1) is 11.7 Å². The number of esters is 2. The highest BCUT2D eigenvalue weighted by atomic mass is 79.9. The summed E-state index contributed by atoms with van der Waals surface area (Å²) in [5.41, 5.74) is 0.457. The van der Waals surface area contributed by atoms with Crippen LogP contribution in [0, 0.1) is 0 Å². The van der Waals surface area contributed by atoms with Crippen molar-refractivity contribution in [1.82, 2.24) is 0 Å². The Bertz CT molecular complexity index is 718. The van der Waals surface area contributed by atoms with E-state index in [1.54, 1.807) is 31.2 Å². The van der Waals surface area contributed by atoms with Crippen molar-refractivity contribution in [3.05, 3.63) is 35.9 Å². The van der Waals surface area contributed by atoms with Crippen LogP contribution in [-0.2, 0) is 23.4 Å². The minimum absolute atomic E-state index is 0.0494. The fraction of sp³-hybridized carbons (Fsp3) is 0.619. The number of alkyl halides is 1. The van der Waals surface area contributed by atoms with E-state index in [9.17, 15) is 9.59 Å². The molecule has 8 heteroatoms. The second kappa shape index (κ2) is 9.28. The summed E-state index contributed by atoms with van der Waals surface area (Å²) < 4.78 is 23.7. The molecule has 1 aromatic rings. The summed E-state index contributed by atoms with van der Waals surface area (Å²) in [5, 5.41) is -0.0494. The van der Waals surface area contributed by atoms with E-state index in [-0.39, 0.29) is 5.04 Å². The number of rotatable bonds is 5. The van der Waals surface area contributed by atoms with Crippen LogP contribution in [0.3, 0.4) is 0 Å². The van der Waals surface area contributed by atoms with Gasteiger partial charge in [-0.2, -0.15) is 0 Å². The molecule has 1 heterocycles. The Morgan fingerprint density at radius 1 is 1.07 bits per heavy atom. The van der Waals surface area contributed by atoms with Crippen LogP contribution in [0.1, 0.15) is 45.0 Å². The van der Waals surface area contributed by atoms with Crippen molar-refractivity contribution in [2.24, 2.45) is 0 Å². The van der Waals surface area contributed by atoms with E-state index in [0.29, 0.717) is 5.56 Å². The molecule has 0 spiro atoms. The van der Waals surface area contributed by atoms with Crippen LogP contribution in [-0.4, -0.2) is 49.7 Å². The zero-order valence-electron chi connectivity index (χ0n) is 18.1. The molecule has 0 radical (unpaired) electrons. The molecule has 0 aliphatic carbocycles. The van der Waals surface area contributed by atoms with E-state index in [0.717, 1.165) is 0 Å². The van der Waals surface area contributed by atoms with Crippen LogP contribution < -0.4 is 0 Å². The van der Waals surface area contributed by atoms with Crippen LogP contribution in [0.15, 0.2) is 30.3 Å². The molecule has 0 amide bonds. The molecule has 1 aliphatic rings. The Balaban J connectivity index is 2.32. The fourth-order valence-electron chi connectivity index (χ4n) is 2.80. The van der Waals surface area contributed by atoms with E-state index in [2.05, 4.69) is 49.8 Å². The van der Waals surface area contributed by atoms with Gasteiger partial charge >= 0.3 is 11.9 Å². The molecule has 5 atom stereocenters. The Morgan fingerprint density at radius 2 is 1.66 bits per heavy atom. The topological polar surface area (TPSA) is 71.1 Å². The van der Waals surface area contributed by atoms with E-state index in [1.807, 2.05) is 6.07 Å². The maximum atomic E-state index is 12.7. The standard InChI is InChI=1S/C21H31BrO6Si/c1-13-17(27-19(24)15-11-9-8-10-12-15)18(28-29(6,7)21(3,4)5)16(22)20(25-13)26-14(2)23/h8-13,16-18,20H,1-7H3/t13-,16-,17-,18-,20-/m1/s1. The first-order valence-corrected chi connectivity index (χ1v) is 13.6. The maximum Gasteiger partial charge on any atom is 0.338 e. The van der Waals surface area contributed by atoms with Gasteiger partial charge in [0, 0.05) is 6.92 Å². The molecule has 162 valence electrons. The molecule has 29 heavy (non-hydrogen) atoms. The van der Waals surface area contributed by atoms with Gasteiger partial charge in [-0.3, -0.25) is 4.79 Å². The minimum atomic E-state index is -2.22. The second-order valence-corrected chi connectivity index (χ2v) is 14.7. The van der Waals surface area contributed by atoms with Gasteiger partial charge in [0.2, 0.25) is 6.29 Å². The molecule has 0 unspecified atom stereocenters. The number of hydrogen-bond acceptors (Lipinski definition) is 6. The Kier molecular flexibility index (Phi) is 7.70. The molecule has 1 aromatic carbocycles. The zero-order valence-corrected chi connectivity index (χ0v) is 20.7. The lowest BCUT2D eigenvalue weighted by atomic mass is 10.0. The smallest absolute Gasteiger partial charge is 0.338 e. The normalized spacial score (nSPS) is 27.9. The third-order valence-corrected chi connectivity index (χ3v) is 10.9. The van der Waals surface area contributed by atoms with Crippen molar-refractivity contribution in [3.63, 3.8) is 0 Å². The molecule has 1 aliphatic heterocycles. The summed E-state index contributed by atoms with van der Waals surface area (Å²) >= 11 is 3.59. The van der Waals surface area contributed by atoms with Crippen molar-refractivity contribution < 1.29 is 28.2 Å². The summed E-state index contributed by atoms with van der Waals surface area (Å²) in [6.07, 6.45) is -2.54. The lowest BCUT2D eigenvalue weighted by Crippen LogP contribution is -2.61. The zero-order chi connectivity index (χ0) is 22.0. The summed E-state index contributed by atoms with van der Waals surface area (Å²) in [7, 11) is -2.22. The summed E-state index contributed by atoms with van der Waals surface area (Å²) in [6.45, 7) is 13.8. The number of hydrogen-bond donors (Lipinski definition) is 0. The van der Waals surface area contributed by atoms with Gasteiger partial charge in [-0.05, 0) is 37.2 Å². The Morgan fingerprint density at radius 3 is 2.17 bits per heavy atom. The highest BCUT2D eigenvalue weighted by Gasteiger charge is 2.51. The highest BCUT2D eigenvalue weighted by Crippen LogP contribution is 2.41. The number of carbonyl (C=O) groups is 2. The average Bonchev–Trinajstić information content (AvgIpc) is 2.61. The number of ether oxygens (including phenoxy) is 3. The highest BCUT2D eigenvalue weighted by molar-refractivity contribution is 9.09. The molecule has 0 bridgehead atoms. The van der Waals surface area contributed by atoms with Crippen LogP contribution in [0.25, 0.3) is 0 Å². The van der Waals surface area contributed by atoms with Gasteiger partial charge in [0.15, 0.2) is 14.4 Å². The molecule has 0 N–H and O–H groups in total. The quantitative estimate of drug-likeness (QED) is 0.342. The maximum absolute atomic E-state index is 12.7. The molecule has 2 rings (SSSR count). The van der Waals surface area contributed by atoms with Crippen LogP contribution in [0.5, 0.6) is 0 Å². The monoisotopic (exact) mass is 486 g/mol. The van der Waals surface area contributed by atoms with Gasteiger partial charge in [-0.25, -0.2) is 4.79 Å². The van der Waals surface area contributed by atoms with Crippen molar-refractivity contribution >= 4 is 36.2 Å². The lowest BCUT2D eigenvalue weighted by molar-refractivity contribution is -0.233. The van der Waals surface area contributed by atoms with Gasteiger partial charge in [-0.15, -0.1) is 0 Å².